The molecular weight excluding hydrogens is 390 g/mol. The van der Waals surface area contributed by atoms with E-state index >= 15 is 0 Å². The number of aromatic nitrogens is 1. The van der Waals surface area contributed by atoms with Gasteiger partial charge in [-0.2, -0.15) is 0 Å². The summed E-state index contributed by atoms with van der Waals surface area (Å²) < 4.78 is 5.10. The average molecular weight is 420 g/mol. The number of para-hydroxylation sites is 1. The number of ether oxygens (including phenoxy) is 1. The van der Waals surface area contributed by atoms with Crippen LogP contribution in [0.2, 0.25) is 0 Å². The van der Waals surface area contributed by atoms with Crippen LogP contribution in [-0.4, -0.2) is 36.2 Å². The van der Waals surface area contributed by atoms with Gasteiger partial charge in [0.1, 0.15) is 0 Å². The lowest BCUT2D eigenvalue weighted by Crippen LogP contribution is -2.27. The van der Waals surface area contributed by atoms with Crippen molar-refractivity contribution in [2.24, 2.45) is 0 Å². The summed E-state index contributed by atoms with van der Waals surface area (Å²) in [6.45, 7) is 1.39. The largest absolute Gasteiger partial charge is 0.504 e. The first-order valence-corrected chi connectivity index (χ1v) is 10.9. The summed E-state index contributed by atoms with van der Waals surface area (Å²) in [4.78, 5) is 17.1. The van der Waals surface area contributed by atoms with Crippen LogP contribution in [0.1, 0.15) is 36.1 Å². The van der Waals surface area contributed by atoms with Crippen molar-refractivity contribution >= 4 is 22.5 Å². The molecule has 0 saturated heterocycles. The molecule has 1 aromatic heterocycles. The fourth-order valence-electron chi connectivity index (χ4n) is 4.18. The summed E-state index contributed by atoms with van der Waals surface area (Å²) in [7, 11) is 1.50. The summed E-state index contributed by atoms with van der Waals surface area (Å²) >= 11 is 0. The predicted octanol–water partition coefficient (Wildman–Crippen LogP) is 3.99. The Morgan fingerprint density at radius 3 is 2.84 bits per heavy atom. The number of anilines is 1. The Labute approximate surface area is 182 Å². The van der Waals surface area contributed by atoms with E-state index in [0.29, 0.717) is 12.3 Å². The Morgan fingerprint density at radius 2 is 1.97 bits per heavy atom. The lowest BCUT2D eigenvalue weighted by molar-refractivity contribution is -0.120. The van der Waals surface area contributed by atoms with Gasteiger partial charge in [-0.25, -0.2) is 0 Å². The monoisotopic (exact) mass is 419 g/mol. The van der Waals surface area contributed by atoms with Gasteiger partial charge in [0.25, 0.3) is 0 Å². The number of carbonyl (C=O) groups is 1. The van der Waals surface area contributed by atoms with Crippen LogP contribution in [0.25, 0.3) is 10.9 Å². The van der Waals surface area contributed by atoms with Crippen LogP contribution >= 0.6 is 0 Å². The quantitative estimate of drug-likeness (QED) is 0.481. The molecule has 0 spiro atoms. The Hall–Kier alpha value is -3.28. The van der Waals surface area contributed by atoms with Crippen LogP contribution in [0.4, 0.5) is 5.69 Å². The molecule has 4 rings (SSSR count). The third kappa shape index (κ3) is 4.90. The molecule has 3 N–H and O–H groups in total. The zero-order chi connectivity index (χ0) is 21.6. The molecule has 6 nitrogen and oxygen atoms in total. The van der Waals surface area contributed by atoms with Crippen molar-refractivity contribution in [1.29, 1.82) is 0 Å². The Kier molecular flexibility index (Phi) is 6.55. The zero-order valence-corrected chi connectivity index (χ0v) is 17.9. The van der Waals surface area contributed by atoms with E-state index in [-0.39, 0.29) is 18.1 Å². The zero-order valence-electron chi connectivity index (χ0n) is 17.9. The number of methoxy groups -OCH3 is 1. The highest BCUT2D eigenvalue weighted by Crippen LogP contribution is 2.33. The van der Waals surface area contributed by atoms with Gasteiger partial charge in [-0.3, -0.25) is 9.78 Å². The highest BCUT2D eigenvalue weighted by Gasteiger charge is 2.17. The molecule has 1 amide bonds. The van der Waals surface area contributed by atoms with Crippen LogP contribution in [0.15, 0.2) is 42.5 Å². The topological polar surface area (TPSA) is 83.5 Å². The van der Waals surface area contributed by atoms with E-state index in [2.05, 4.69) is 28.8 Å². The molecule has 0 atom stereocenters. The summed E-state index contributed by atoms with van der Waals surface area (Å²) in [5.41, 5.74) is 5.64. The van der Waals surface area contributed by atoms with Gasteiger partial charge in [0.15, 0.2) is 11.5 Å². The second-order valence-electron chi connectivity index (χ2n) is 7.95. The highest BCUT2D eigenvalue weighted by molar-refractivity contribution is 5.93. The van der Waals surface area contributed by atoms with E-state index in [1.165, 1.54) is 42.3 Å². The van der Waals surface area contributed by atoms with Crippen molar-refractivity contribution in [3.8, 4) is 11.5 Å². The molecule has 0 radical (unpaired) electrons. The van der Waals surface area contributed by atoms with E-state index < -0.39 is 0 Å². The number of aromatic hydroxyl groups is 1. The Balaban J connectivity index is 1.31. The van der Waals surface area contributed by atoms with Gasteiger partial charge in [-0.1, -0.05) is 24.3 Å². The third-order valence-electron chi connectivity index (χ3n) is 5.76. The summed E-state index contributed by atoms with van der Waals surface area (Å²) in [6, 6.07) is 13.3. The first kappa shape index (κ1) is 21.0. The summed E-state index contributed by atoms with van der Waals surface area (Å²) in [5.74, 6) is 0.408. The van der Waals surface area contributed by atoms with E-state index in [1.807, 2.05) is 6.07 Å². The highest BCUT2D eigenvalue weighted by atomic mass is 16.5. The number of nitrogens with one attached hydrogen (secondary N) is 2. The van der Waals surface area contributed by atoms with Crippen LogP contribution in [0, 0.1) is 0 Å². The Morgan fingerprint density at radius 1 is 1.13 bits per heavy atom. The molecule has 0 saturated carbocycles. The van der Waals surface area contributed by atoms with Crippen molar-refractivity contribution in [1.82, 2.24) is 10.3 Å². The number of nitrogens with zero attached hydrogens (tertiary/aromatic N) is 1. The van der Waals surface area contributed by atoms with Crippen molar-refractivity contribution < 1.29 is 14.6 Å². The number of fused-ring (bicyclic) bond motifs is 2. The van der Waals surface area contributed by atoms with Crippen LogP contribution in [-0.2, 0) is 24.1 Å². The molecule has 1 aliphatic rings. The molecule has 0 aliphatic heterocycles. The fraction of sp³-hybridized carbons (Fsp3) is 0.360. The molecule has 1 heterocycles. The number of benzene rings is 2. The van der Waals surface area contributed by atoms with Crippen LogP contribution in [0.5, 0.6) is 11.5 Å². The molecule has 162 valence electrons. The molecule has 6 heteroatoms. The fourth-order valence-corrected chi connectivity index (χ4v) is 4.18. The minimum Gasteiger partial charge on any atom is -0.504 e. The van der Waals surface area contributed by atoms with E-state index in [9.17, 15) is 9.90 Å². The minimum atomic E-state index is -0.0421. The number of hydrogen-bond acceptors (Lipinski definition) is 5. The number of rotatable bonds is 8. The molecule has 3 aromatic rings. The summed E-state index contributed by atoms with van der Waals surface area (Å²) in [5, 5.41) is 17.4. The van der Waals surface area contributed by atoms with Gasteiger partial charge >= 0.3 is 0 Å². The van der Waals surface area contributed by atoms with Gasteiger partial charge in [-0.05, 0) is 61.4 Å². The number of hydrogen-bond donors (Lipinski definition) is 3. The third-order valence-corrected chi connectivity index (χ3v) is 5.76. The van der Waals surface area contributed by atoms with Gasteiger partial charge in [0.2, 0.25) is 5.91 Å². The van der Waals surface area contributed by atoms with Gasteiger partial charge in [0.05, 0.1) is 19.0 Å². The number of phenolic OH excluding ortho intramolecular Hbond substituents is 1. The smallest absolute Gasteiger partial charge is 0.224 e. The standard InChI is InChI=1S/C25H29N3O3/c1-31-23-15-17(11-12-22(23)29)16-24(30)26-13-6-14-27-25-18-7-2-4-9-20(18)28-21-10-5-3-8-19(21)25/h2,4,7,9,11-12,15,29H,3,5-6,8,10,13-14,16H2,1H3,(H,26,30)(H,27,28). The molecule has 0 fully saturated rings. The van der Waals surface area contributed by atoms with Gasteiger partial charge < -0.3 is 20.5 Å². The number of phenols is 1. The van der Waals surface area contributed by atoms with Crippen molar-refractivity contribution in [2.75, 3.05) is 25.5 Å². The maximum atomic E-state index is 12.3. The van der Waals surface area contributed by atoms with Crippen molar-refractivity contribution in [3.63, 3.8) is 0 Å². The molecule has 2 aromatic carbocycles. The molecule has 0 bridgehead atoms. The lowest BCUT2D eigenvalue weighted by atomic mass is 9.92. The molecule has 1 aliphatic carbocycles. The minimum absolute atomic E-state index is 0.0421. The lowest BCUT2D eigenvalue weighted by Gasteiger charge is -2.21. The molecule has 31 heavy (non-hydrogen) atoms. The SMILES string of the molecule is COc1cc(CC(=O)NCCCNc2c3c(nc4ccccc24)CCCC3)ccc1O. The van der Waals surface area contributed by atoms with Crippen molar-refractivity contribution in [2.45, 2.75) is 38.5 Å². The van der Waals surface area contributed by atoms with Crippen molar-refractivity contribution in [3.05, 3.63) is 59.3 Å². The number of amides is 1. The molecular formula is C25H29N3O3. The average Bonchev–Trinajstić information content (AvgIpc) is 2.79. The Bertz CT molecular complexity index is 1080. The predicted molar refractivity (Wildman–Crippen MR) is 123 cm³/mol. The van der Waals surface area contributed by atoms with Crippen LogP contribution in [0.3, 0.4) is 0 Å². The van der Waals surface area contributed by atoms with Crippen LogP contribution < -0.4 is 15.4 Å². The maximum absolute atomic E-state index is 12.3. The first-order chi connectivity index (χ1) is 15.2. The summed E-state index contributed by atoms with van der Waals surface area (Å²) in [6.07, 6.45) is 5.62. The van der Waals surface area contributed by atoms with E-state index in [0.717, 1.165) is 36.9 Å². The second kappa shape index (κ2) is 9.69. The number of aryl methyl sites for hydroxylation is 1. The van der Waals surface area contributed by atoms with E-state index in [1.54, 1.807) is 18.2 Å². The maximum Gasteiger partial charge on any atom is 0.224 e. The molecule has 0 unspecified atom stereocenters. The number of carbonyl (C=O) groups excluding carboxylic acids is 1. The normalized spacial score (nSPS) is 12.9. The second-order valence-corrected chi connectivity index (χ2v) is 7.95. The van der Waals surface area contributed by atoms with Gasteiger partial charge in [0, 0.05) is 29.9 Å². The first-order valence-electron chi connectivity index (χ1n) is 10.9. The number of pyridine rings is 1. The van der Waals surface area contributed by atoms with Gasteiger partial charge in [-0.15, -0.1) is 0 Å². The van der Waals surface area contributed by atoms with E-state index in [4.69, 9.17) is 9.72 Å².